The third kappa shape index (κ3) is 2.74. The van der Waals surface area contributed by atoms with Gasteiger partial charge < -0.3 is 14.5 Å². The van der Waals surface area contributed by atoms with Crippen molar-refractivity contribution < 1.29 is 9.53 Å². The Morgan fingerprint density at radius 3 is 2.73 bits per heavy atom. The Balaban J connectivity index is 1.68. The SMILES string of the molecule is Cc1nc(N(C)C)nc2c1COC[C@]21CCN(C(=O)c2ccccc2)C1. The lowest BCUT2D eigenvalue weighted by Gasteiger charge is -2.35. The maximum Gasteiger partial charge on any atom is 0.253 e. The van der Waals surface area contributed by atoms with E-state index in [0.717, 1.165) is 41.4 Å². The van der Waals surface area contributed by atoms with E-state index < -0.39 is 0 Å². The maximum absolute atomic E-state index is 12.9. The number of nitrogens with zero attached hydrogens (tertiary/aromatic N) is 4. The fourth-order valence-corrected chi connectivity index (χ4v) is 3.93. The third-order valence-corrected chi connectivity index (χ3v) is 5.39. The summed E-state index contributed by atoms with van der Waals surface area (Å²) in [6.45, 7) is 4.51. The molecule has 1 aromatic heterocycles. The van der Waals surface area contributed by atoms with Crippen LogP contribution in [0, 0.1) is 6.92 Å². The van der Waals surface area contributed by atoms with Crippen LogP contribution in [-0.4, -0.2) is 54.6 Å². The minimum Gasteiger partial charge on any atom is -0.376 e. The first-order valence-electron chi connectivity index (χ1n) is 8.97. The number of aryl methyl sites for hydroxylation is 1. The van der Waals surface area contributed by atoms with Crippen molar-refractivity contribution in [2.75, 3.05) is 38.7 Å². The van der Waals surface area contributed by atoms with E-state index >= 15 is 0 Å². The molecule has 4 rings (SSSR count). The molecule has 0 bridgehead atoms. The number of ether oxygens (including phenoxy) is 1. The van der Waals surface area contributed by atoms with Gasteiger partial charge in [-0.2, -0.15) is 0 Å². The van der Waals surface area contributed by atoms with Crippen LogP contribution in [0.3, 0.4) is 0 Å². The van der Waals surface area contributed by atoms with E-state index in [0.29, 0.717) is 19.8 Å². The van der Waals surface area contributed by atoms with Crippen molar-refractivity contribution in [1.82, 2.24) is 14.9 Å². The van der Waals surface area contributed by atoms with Crippen molar-refractivity contribution in [2.24, 2.45) is 0 Å². The molecule has 2 aliphatic heterocycles. The molecule has 2 aromatic rings. The summed E-state index contributed by atoms with van der Waals surface area (Å²) in [5, 5.41) is 0. The van der Waals surface area contributed by atoms with Gasteiger partial charge in [0.05, 0.1) is 24.3 Å². The van der Waals surface area contributed by atoms with E-state index in [1.54, 1.807) is 0 Å². The summed E-state index contributed by atoms with van der Waals surface area (Å²) in [4.78, 5) is 26.2. The minimum absolute atomic E-state index is 0.0770. The predicted octanol–water partition coefficient (Wildman–Crippen LogP) is 2.17. The zero-order valence-corrected chi connectivity index (χ0v) is 15.5. The molecular formula is C20H24N4O2. The van der Waals surface area contributed by atoms with Crippen LogP contribution < -0.4 is 4.90 Å². The molecule has 6 nitrogen and oxygen atoms in total. The van der Waals surface area contributed by atoms with E-state index in [1.807, 2.05) is 61.2 Å². The van der Waals surface area contributed by atoms with Gasteiger partial charge in [0.15, 0.2) is 0 Å². The van der Waals surface area contributed by atoms with Crippen molar-refractivity contribution in [3.8, 4) is 0 Å². The smallest absolute Gasteiger partial charge is 0.253 e. The van der Waals surface area contributed by atoms with Crippen LogP contribution >= 0.6 is 0 Å². The quantitative estimate of drug-likeness (QED) is 0.829. The molecule has 2 aliphatic rings. The molecule has 1 fully saturated rings. The molecule has 1 atom stereocenters. The number of amides is 1. The highest BCUT2D eigenvalue weighted by Crippen LogP contribution is 2.40. The highest BCUT2D eigenvalue weighted by molar-refractivity contribution is 5.94. The first kappa shape index (κ1) is 17.0. The van der Waals surface area contributed by atoms with E-state index in [4.69, 9.17) is 9.72 Å². The van der Waals surface area contributed by atoms with Crippen molar-refractivity contribution in [2.45, 2.75) is 25.4 Å². The molecule has 1 spiro atoms. The van der Waals surface area contributed by atoms with Gasteiger partial charge in [0.2, 0.25) is 5.95 Å². The summed E-state index contributed by atoms with van der Waals surface area (Å²) in [5.74, 6) is 0.795. The highest BCUT2D eigenvalue weighted by atomic mass is 16.5. The number of fused-ring (bicyclic) bond motifs is 2. The molecule has 0 N–H and O–H groups in total. The molecule has 0 radical (unpaired) electrons. The molecule has 1 aromatic carbocycles. The monoisotopic (exact) mass is 352 g/mol. The normalized spacial score (nSPS) is 21.7. The lowest BCUT2D eigenvalue weighted by atomic mass is 9.80. The second-order valence-corrected chi connectivity index (χ2v) is 7.45. The summed E-state index contributed by atoms with van der Waals surface area (Å²) in [6.07, 6.45) is 0.863. The van der Waals surface area contributed by atoms with Gasteiger partial charge in [0.1, 0.15) is 0 Å². The molecule has 26 heavy (non-hydrogen) atoms. The molecule has 1 saturated heterocycles. The zero-order valence-electron chi connectivity index (χ0n) is 15.5. The van der Waals surface area contributed by atoms with Crippen LogP contribution in [0.5, 0.6) is 0 Å². The average Bonchev–Trinajstić information content (AvgIpc) is 3.07. The van der Waals surface area contributed by atoms with E-state index in [1.165, 1.54) is 0 Å². The van der Waals surface area contributed by atoms with Crippen LogP contribution in [0.2, 0.25) is 0 Å². The Morgan fingerprint density at radius 1 is 1.23 bits per heavy atom. The number of rotatable bonds is 2. The molecule has 0 saturated carbocycles. The van der Waals surface area contributed by atoms with Crippen LogP contribution in [0.4, 0.5) is 5.95 Å². The van der Waals surface area contributed by atoms with E-state index in [9.17, 15) is 4.79 Å². The summed E-state index contributed by atoms with van der Waals surface area (Å²) in [5.41, 5.74) is 3.59. The second kappa shape index (κ2) is 6.36. The van der Waals surface area contributed by atoms with Crippen molar-refractivity contribution in [3.05, 3.63) is 52.8 Å². The number of aromatic nitrogens is 2. The number of hydrogen-bond donors (Lipinski definition) is 0. The zero-order chi connectivity index (χ0) is 18.3. The maximum atomic E-state index is 12.9. The Kier molecular flexibility index (Phi) is 4.15. The van der Waals surface area contributed by atoms with Gasteiger partial charge in [-0.15, -0.1) is 0 Å². The standard InChI is InChI=1S/C20H24N4O2/c1-14-16-11-26-13-20(17(16)22-19(21-14)23(2)3)9-10-24(12-20)18(25)15-7-5-4-6-8-15/h4-8H,9-13H2,1-3H3/t20-/m1/s1. The Bertz CT molecular complexity index is 837. The van der Waals surface area contributed by atoms with E-state index in [-0.39, 0.29) is 11.3 Å². The van der Waals surface area contributed by atoms with Crippen molar-refractivity contribution >= 4 is 11.9 Å². The Morgan fingerprint density at radius 2 is 2.00 bits per heavy atom. The molecule has 0 aliphatic carbocycles. The Hall–Kier alpha value is -2.47. The summed E-state index contributed by atoms with van der Waals surface area (Å²) < 4.78 is 5.92. The molecule has 136 valence electrons. The van der Waals surface area contributed by atoms with Gasteiger partial charge in [-0.05, 0) is 25.5 Å². The molecule has 0 unspecified atom stereocenters. The van der Waals surface area contributed by atoms with Crippen LogP contribution in [0.15, 0.2) is 30.3 Å². The molecule has 1 amide bonds. The Labute approximate surface area is 153 Å². The molecule has 3 heterocycles. The van der Waals surface area contributed by atoms with Crippen molar-refractivity contribution in [3.63, 3.8) is 0 Å². The topological polar surface area (TPSA) is 58.6 Å². The van der Waals surface area contributed by atoms with Crippen LogP contribution in [0.25, 0.3) is 0 Å². The number of carbonyl (C=O) groups excluding carboxylic acids is 1. The first-order valence-corrected chi connectivity index (χ1v) is 8.97. The lowest BCUT2D eigenvalue weighted by Crippen LogP contribution is -2.42. The van der Waals surface area contributed by atoms with Gasteiger partial charge in [-0.3, -0.25) is 4.79 Å². The fourth-order valence-electron chi connectivity index (χ4n) is 3.93. The number of hydrogen-bond acceptors (Lipinski definition) is 5. The first-order chi connectivity index (χ1) is 12.5. The summed E-state index contributed by atoms with van der Waals surface area (Å²) in [6, 6.07) is 9.47. The predicted molar refractivity (Wildman–Crippen MR) is 99.4 cm³/mol. The lowest BCUT2D eigenvalue weighted by molar-refractivity contribution is 0.0480. The van der Waals surface area contributed by atoms with Crippen molar-refractivity contribution in [1.29, 1.82) is 0 Å². The van der Waals surface area contributed by atoms with Gasteiger partial charge in [0.25, 0.3) is 5.91 Å². The minimum atomic E-state index is -0.240. The van der Waals surface area contributed by atoms with Crippen LogP contribution in [-0.2, 0) is 16.8 Å². The molecular weight excluding hydrogens is 328 g/mol. The highest BCUT2D eigenvalue weighted by Gasteiger charge is 2.46. The average molecular weight is 352 g/mol. The van der Waals surface area contributed by atoms with Gasteiger partial charge in [-0.1, -0.05) is 18.2 Å². The largest absolute Gasteiger partial charge is 0.376 e. The summed E-state index contributed by atoms with van der Waals surface area (Å²) in [7, 11) is 3.90. The van der Waals surface area contributed by atoms with Gasteiger partial charge in [-0.25, -0.2) is 9.97 Å². The van der Waals surface area contributed by atoms with Gasteiger partial charge in [0, 0.05) is 44.0 Å². The fraction of sp³-hybridized carbons (Fsp3) is 0.450. The number of carbonyl (C=O) groups is 1. The number of benzene rings is 1. The number of anilines is 1. The number of likely N-dealkylation sites (tertiary alicyclic amines) is 1. The second-order valence-electron chi connectivity index (χ2n) is 7.45. The van der Waals surface area contributed by atoms with E-state index in [2.05, 4.69) is 4.98 Å². The van der Waals surface area contributed by atoms with Crippen LogP contribution in [0.1, 0.15) is 33.7 Å². The van der Waals surface area contributed by atoms with Gasteiger partial charge >= 0.3 is 0 Å². The summed E-state index contributed by atoms with van der Waals surface area (Å²) >= 11 is 0. The third-order valence-electron chi connectivity index (χ3n) is 5.39. The molecule has 6 heteroatoms.